The van der Waals surface area contributed by atoms with Crippen molar-refractivity contribution in [3.8, 4) is 33.9 Å². The first-order valence-corrected chi connectivity index (χ1v) is 9.90. The quantitative estimate of drug-likeness (QED) is 0.709. The molecule has 0 unspecified atom stereocenters. The highest BCUT2D eigenvalue weighted by Crippen LogP contribution is 2.44. The van der Waals surface area contributed by atoms with Gasteiger partial charge in [0.15, 0.2) is 27.0 Å². The Labute approximate surface area is 157 Å². The molecule has 1 aliphatic rings. The summed E-state index contributed by atoms with van der Waals surface area (Å²) in [6, 6.07) is 10.0. The standard InChI is InChI=1S/C18H13F3N2O4S/c1-28(24,25)12-5-2-10(3-6-12)16-15(17(23-22-16)18(19,20)21)11-4-7-13-14(8-11)27-9-26-13/h2-8H,9H2,1H3,(H,22,23). The summed E-state index contributed by atoms with van der Waals surface area (Å²) in [7, 11) is -3.43. The zero-order valence-electron chi connectivity index (χ0n) is 14.4. The van der Waals surface area contributed by atoms with Gasteiger partial charge < -0.3 is 9.47 Å². The average Bonchev–Trinajstić information content (AvgIpc) is 3.27. The van der Waals surface area contributed by atoms with E-state index in [1.165, 1.54) is 42.5 Å². The number of H-pyrrole nitrogens is 1. The molecule has 0 aliphatic carbocycles. The fourth-order valence-electron chi connectivity index (χ4n) is 2.96. The molecule has 1 aliphatic heterocycles. The molecule has 0 bridgehead atoms. The molecule has 1 N–H and O–H groups in total. The number of hydrogen-bond donors (Lipinski definition) is 1. The Balaban J connectivity index is 1.88. The lowest BCUT2D eigenvalue weighted by atomic mass is 9.98. The largest absolute Gasteiger partial charge is 0.454 e. The zero-order chi connectivity index (χ0) is 20.1. The van der Waals surface area contributed by atoms with Crippen LogP contribution >= 0.6 is 0 Å². The molecule has 146 valence electrons. The lowest BCUT2D eigenvalue weighted by molar-refractivity contribution is -0.140. The molecule has 28 heavy (non-hydrogen) atoms. The van der Waals surface area contributed by atoms with E-state index >= 15 is 0 Å². The van der Waals surface area contributed by atoms with Crippen LogP contribution in [0.2, 0.25) is 0 Å². The minimum absolute atomic E-state index is 0.00386. The number of benzene rings is 2. The second-order valence-electron chi connectivity index (χ2n) is 6.18. The Morgan fingerprint density at radius 2 is 1.64 bits per heavy atom. The van der Waals surface area contributed by atoms with Crippen LogP contribution in [-0.4, -0.2) is 31.7 Å². The van der Waals surface area contributed by atoms with Gasteiger partial charge in [0.2, 0.25) is 6.79 Å². The maximum Gasteiger partial charge on any atom is 0.435 e. The third-order valence-corrected chi connectivity index (χ3v) is 5.40. The minimum atomic E-state index is -4.69. The fourth-order valence-corrected chi connectivity index (χ4v) is 3.59. The van der Waals surface area contributed by atoms with Gasteiger partial charge >= 0.3 is 6.18 Å². The summed E-state index contributed by atoms with van der Waals surface area (Å²) in [4.78, 5) is 0.0661. The van der Waals surface area contributed by atoms with Gasteiger partial charge in [0.05, 0.1) is 10.6 Å². The van der Waals surface area contributed by atoms with Crippen molar-refractivity contribution in [1.29, 1.82) is 0 Å². The topological polar surface area (TPSA) is 81.3 Å². The van der Waals surface area contributed by atoms with E-state index in [-0.39, 0.29) is 28.5 Å². The van der Waals surface area contributed by atoms with Gasteiger partial charge in [0.25, 0.3) is 0 Å². The van der Waals surface area contributed by atoms with E-state index in [0.717, 1.165) is 6.26 Å². The van der Waals surface area contributed by atoms with Gasteiger partial charge in [-0.15, -0.1) is 0 Å². The van der Waals surface area contributed by atoms with E-state index in [4.69, 9.17) is 9.47 Å². The number of ether oxygens (including phenoxy) is 2. The van der Waals surface area contributed by atoms with Crippen molar-refractivity contribution in [1.82, 2.24) is 10.2 Å². The molecular weight excluding hydrogens is 397 g/mol. The van der Waals surface area contributed by atoms with E-state index < -0.39 is 21.7 Å². The third kappa shape index (κ3) is 3.19. The van der Waals surface area contributed by atoms with Gasteiger partial charge in [-0.25, -0.2) is 8.42 Å². The second kappa shape index (κ2) is 6.26. The molecule has 4 rings (SSSR count). The van der Waals surface area contributed by atoms with Crippen LogP contribution in [0.3, 0.4) is 0 Å². The SMILES string of the molecule is CS(=O)(=O)c1ccc(-c2[nH]nc(C(F)(F)F)c2-c2ccc3c(c2)OCO3)cc1. The number of aromatic nitrogens is 2. The molecule has 0 saturated heterocycles. The number of sulfone groups is 1. The van der Waals surface area contributed by atoms with Gasteiger partial charge in [0, 0.05) is 17.4 Å². The van der Waals surface area contributed by atoms with Crippen molar-refractivity contribution in [3.63, 3.8) is 0 Å². The molecule has 6 nitrogen and oxygen atoms in total. The summed E-state index contributed by atoms with van der Waals surface area (Å²) < 4.78 is 74.3. The smallest absolute Gasteiger partial charge is 0.435 e. The molecule has 1 aromatic heterocycles. The van der Waals surface area contributed by atoms with Crippen LogP contribution in [0.4, 0.5) is 13.2 Å². The summed E-state index contributed by atoms with van der Waals surface area (Å²) in [5.41, 5.74) is -0.506. The number of alkyl halides is 3. The Hall–Kier alpha value is -3.01. The molecule has 10 heteroatoms. The van der Waals surface area contributed by atoms with Crippen molar-refractivity contribution in [3.05, 3.63) is 48.2 Å². The monoisotopic (exact) mass is 410 g/mol. The van der Waals surface area contributed by atoms with Gasteiger partial charge in [-0.1, -0.05) is 18.2 Å². The zero-order valence-corrected chi connectivity index (χ0v) is 15.2. The fraction of sp³-hybridized carbons (Fsp3) is 0.167. The van der Waals surface area contributed by atoms with Crippen molar-refractivity contribution in [2.45, 2.75) is 11.1 Å². The van der Waals surface area contributed by atoms with Crippen molar-refractivity contribution < 1.29 is 31.1 Å². The highest BCUT2D eigenvalue weighted by molar-refractivity contribution is 7.90. The molecule has 3 aromatic rings. The van der Waals surface area contributed by atoms with Crippen LogP contribution < -0.4 is 9.47 Å². The number of aromatic amines is 1. The number of nitrogens with one attached hydrogen (secondary N) is 1. The summed E-state index contributed by atoms with van der Waals surface area (Å²) >= 11 is 0. The van der Waals surface area contributed by atoms with Crippen LogP contribution in [0.5, 0.6) is 11.5 Å². The number of halogens is 3. The van der Waals surface area contributed by atoms with Crippen LogP contribution in [0.1, 0.15) is 5.69 Å². The number of fused-ring (bicyclic) bond motifs is 1. The van der Waals surface area contributed by atoms with E-state index in [2.05, 4.69) is 10.2 Å². The molecule has 0 radical (unpaired) electrons. The van der Waals surface area contributed by atoms with Crippen LogP contribution in [0.15, 0.2) is 47.4 Å². The first-order chi connectivity index (χ1) is 13.1. The summed E-state index contributed by atoms with van der Waals surface area (Å²) in [5.74, 6) is 0.782. The lowest BCUT2D eigenvalue weighted by Gasteiger charge is -2.10. The molecule has 0 saturated carbocycles. The van der Waals surface area contributed by atoms with E-state index in [1.54, 1.807) is 0 Å². The lowest BCUT2D eigenvalue weighted by Crippen LogP contribution is -2.07. The molecule has 0 amide bonds. The maximum atomic E-state index is 13.5. The van der Waals surface area contributed by atoms with Crippen LogP contribution in [0, 0.1) is 0 Å². The van der Waals surface area contributed by atoms with Gasteiger partial charge in [-0.2, -0.15) is 18.3 Å². The molecule has 0 atom stereocenters. The molecular formula is C18H13F3N2O4S. The van der Waals surface area contributed by atoms with Crippen LogP contribution in [0.25, 0.3) is 22.4 Å². The van der Waals surface area contributed by atoms with E-state index in [0.29, 0.717) is 17.1 Å². The predicted molar refractivity (Wildman–Crippen MR) is 93.7 cm³/mol. The number of hydrogen-bond acceptors (Lipinski definition) is 5. The van der Waals surface area contributed by atoms with Gasteiger partial charge in [0.1, 0.15) is 0 Å². The van der Waals surface area contributed by atoms with Gasteiger partial charge in [-0.3, -0.25) is 5.10 Å². The number of rotatable bonds is 3. The van der Waals surface area contributed by atoms with Crippen molar-refractivity contribution in [2.75, 3.05) is 13.0 Å². The molecule has 0 spiro atoms. The summed E-state index contributed by atoms with van der Waals surface area (Å²) in [6.45, 7) is -0.00386. The Kier molecular flexibility index (Phi) is 4.11. The predicted octanol–water partition coefficient (Wildman–Crippen LogP) is 3.89. The van der Waals surface area contributed by atoms with Gasteiger partial charge in [-0.05, 0) is 29.8 Å². The summed E-state index contributed by atoms with van der Waals surface area (Å²) in [6.07, 6.45) is -3.63. The van der Waals surface area contributed by atoms with E-state index in [9.17, 15) is 21.6 Å². The van der Waals surface area contributed by atoms with Crippen molar-refractivity contribution in [2.24, 2.45) is 0 Å². The maximum absolute atomic E-state index is 13.5. The Bertz CT molecular complexity index is 1150. The highest BCUT2D eigenvalue weighted by Gasteiger charge is 2.39. The highest BCUT2D eigenvalue weighted by atomic mass is 32.2. The molecule has 2 aromatic carbocycles. The van der Waals surface area contributed by atoms with E-state index in [1.807, 2.05) is 0 Å². The second-order valence-corrected chi connectivity index (χ2v) is 8.20. The number of nitrogens with zero attached hydrogens (tertiary/aromatic N) is 1. The Morgan fingerprint density at radius 3 is 2.29 bits per heavy atom. The summed E-state index contributed by atoms with van der Waals surface area (Å²) in [5, 5.41) is 5.89. The van der Waals surface area contributed by atoms with Crippen LogP contribution in [-0.2, 0) is 16.0 Å². The molecule has 0 fully saturated rings. The first-order valence-electron chi connectivity index (χ1n) is 8.00. The first kappa shape index (κ1) is 18.4. The minimum Gasteiger partial charge on any atom is -0.454 e. The Morgan fingerprint density at radius 1 is 1.00 bits per heavy atom. The average molecular weight is 410 g/mol. The molecule has 2 heterocycles. The normalized spacial score (nSPS) is 13.7. The van der Waals surface area contributed by atoms with Crippen molar-refractivity contribution >= 4 is 9.84 Å². The third-order valence-electron chi connectivity index (χ3n) is 4.27.